The second-order valence-electron chi connectivity index (χ2n) is 8.88. The number of hydrogen-bond acceptors (Lipinski definition) is 3. The highest BCUT2D eigenvalue weighted by molar-refractivity contribution is 6.31. The van der Waals surface area contributed by atoms with Crippen LogP contribution in [0.1, 0.15) is 45.7 Å². The van der Waals surface area contributed by atoms with Gasteiger partial charge in [0.25, 0.3) is 0 Å². The molecule has 6 heteroatoms. The van der Waals surface area contributed by atoms with Crippen LogP contribution in [0.15, 0.2) is 29.1 Å². The lowest BCUT2D eigenvalue weighted by molar-refractivity contribution is 0.0786. The topological polar surface area (TPSA) is 70.9 Å². The maximum absolute atomic E-state index is 12.2. The summed E-state index contributed by atoms with van der Waals surface area (Å²) in [5, 5.41) is 10.9. The number of nitrogens with one attached hydrogen (secondary N) is 1. The molecule has 0 aliphatic heterocycles. The van der Waals surface area contributed by atoms with E-state index in [4.69, 9.17) is 16.6 Å². The second kappa shape index (κ2) is 6.50. The minimum atomic E-state index is -1.01. The van der Waals surface area contributed by atoms with E-state index in [0.29, 0.717) is 16.2 Å². The average molecular weight is 388 g/mol. The predicted octanol–water partition coefficient (Wildman–Crippen LogP) is 4.40. The smallest absolute Gasteiger partial charge is 0.327 e. The Kier molecular flexibility index (Phi) is 4.73. The Hall–Kier alpha value is -2.11. The van der Waals surface area contributed by atoms with Gasteiger partial charge in [-0.05, 0) is 61.1 Å². The maximum atomic E-state index is 12.2. The van der Waals surface area contributed by atoms with E-state index in [9.17, 15) is 9.90 Å². The van der Waals surface area contributed by atoms with Crippen LogP contribution in [0.25, 0.3) is 22.4 Å². The number of aliphatic hydroxyl groups is 1. The zero-order chi connectivity index (χ0) is 20.1. The Morgan fingerprint density at radius 1 is 1.15 bits per heavy atom. The Morgan fingerprint density at radius 3 is 2.41 bits per heavy atom. The molecule has 144 valence electrons. The molecule has 0 aliphatic rings. The van der Waals surface area contributed by atoms with Crippen LogP contribution >= 0.6 is 11.6 Å². The van der Waals surface area contributed by atoms with E-state index in [1.165, 1.54) is 4.57 Å². The molecule has 0 spiro atoms. The maximum Gasteiger partial charge on any atom is 0.327 e. The van der Waals surface area contributed by atoms with E-state index in [1.807, 2.05) is 18.2 Å². The highest BCUT2D eigenvalue weighted by Gasteiger charge is 2.21. The number of halogens is 1. The van der Waals surface area contributed by atoms with Crippen LogP contribution in [0.2, 0.25) is 5.02 Å². The first kappa shape index (κ1) is 19.6. The Balaban J connectivity index is 2.28. The summed E-state index contributed by atoms with van der Waals surface area (Å²) in [6.07, 6.45) is 0.790. The molecule has 0 bridgehead atoms. The van der Waals surface area contributed by atoms with Crippen molar-refractivity contribution in [2.75, 3.05) is 0 Å². The zero-order valence-corrected chi connectivity index (χ0v) is 17.4. The van der Waals surface area contributed by atoms with Crippen LogP contribution in [0, 0.1) is 5.41 Å². The van der Waals surface area contributed by atoms with Gasteiger partial charge in [-0.15, -0.1) is 0 Å². The Bertz CT molecular complexity index is 1070. The molecule has 2 N–H and O–H groups in total. The molecule has 27 heavy (non-hydrogen) atoms. The summed E-state index contributed by atoms with van der Waals surface area (Å²) in [5.74, 6) is 0. The van der Waals surface area contributed by atoms with E-state index in [1.54, 1.807) is 27.0 Å². The van der Waals surface area contributed by atoms with Gasteiger partial charge in [0.05, 0.1) is 16.8 Å². The summed E-state index contributed by atoms with van der Waals surface area (Å²) >= 11 is 6.31. The normalized spacial score (nSPS) is 12.7. The number of nitrogens with zero attached hydrogens (tertiary/aromatic N) is 2. The number of rotatable bonds is 3. The van der Waals surface area contributed by atoms with Gasteiger partial charge < -0.3 is 10.1 Å². The van der Waals surface area contributed by atoms with Gasteiger partial charge in [-0.3, -0.25) is 4.57 Å². The first-order valence-electron chi connectivity index (χ1n) is 8.97. The summed E-state index contributed by atoms with van der Waals surface area (Å²) in [7, 11) is 1.71. The van der Waals surface area contributed by atoms with Crippen LogP contribution in [0.3, 0.4) is 0 Å². The minimum Gasteiger partial charge on any atom is -0.386 e. The van der Waals surface area contributed by atoms with Gasteiger partial charge in [0.15, 0.2) is 5.65 Å². The van der Waals surface area contributed by atoms with Gasteiger partial charge in [-0.25, -0.2) is 9.78 Å². The van der Waals surface area contributed by atoms with Crippen molar-refractivity contribution in [2.45, 2.75) is 46.6 Å². The lowest BCUT2D eigenvalue weighted by Crippen LogP contribution is -2.15. The van der Waals surface area contributed by atoms with Gasteiger partial charge in [0.2, 0.25) is 0 Å². The van der Waals surface area contributed by atoms with Crippen LogP contribution in [0.4, 0.5) is 0 Å². The lowest BCUT2D eigenvalue weighted by atomic mass is 9.87. The molecule has 5 nitrogen and oxygen atoms in total. The number of aromatic nitrogens is 3. The third kappa shape index (κ3) is 4.09. The van der Waals surface area contributed by atoms with Crippen molar-refractivity contribution < 1.29 is 5.11 Å². The second-order valence-corrected chi connectivity index (χ2v) is 9.32. The van der Waals surface area contributed by atoms with Crippen molar-refractivity contribution in [1.82, 2.24) is 14.5 Å². The minimum absolute atomic E-state index is 0.0465. The summed E-state index contributed by atoms with van der Waals surface area (Å²) in [6, 6.07) is 7.48. The SMILES string of the molecule is Cn1c(=O)[nH]c2c(CC(C)(C)C)cc(-c3cc(Cl)cc(C(C)(C)O)c3)nc21. The summed E-state index contributed by atoms with van der Waals surface area (Å²) < 4.78 is 1.52. The van der Waals surface area contributed by atoms with E-state index in [-0.39, 0.29) is 11.1 Å². The summed E-state index contributed by atoms with van der Waals surface area (Å²) in [4.78, 5) is 19.8. The molecule has 0 saturated carbocycles. The van der Waals surface area contributed by atoms with E-state index in [0.717, 1.165) is 28.8 Å². The number of imidazole rings is 1. The first-order chi connectivity index (χ1) is 12.3. The first-order valence-corrected chi connectivity index (χ1v) is 9.35. The molecule has 2 heterocycles. The van der Waals surface area contributed by atoms with Gasteiger partial charge in [0, 0.05) is 17.6 Å². The van der Waals surface area contributed by atoms with Crippen molar-refractivity contribution >= 4 is 22.8 Å². The molecule has 0 unspecified atom stereocenters. The standard InChI is InChI=1S/C21H26ClN3O2/c1-20(2,3)11-13-9-16(23-18-17(13)24-19(26)25(18)6)12-7-14(21(4,5)27)10-15(22)8-12/h7-10,27H,11H2,1-6H3,(H,24,26). The number of fused-ring (bicyclic) bond motifs is 1. The largest absolute Gasteiger partial charge is 0.386 e. The van der Waals surface area contributed by atoms with Gasteiger partial charge in [-0.2, -0.15) is 0 Å². The molecular weight excluding hydrogens is 362 g/mol. The molecule has 0 amide bonds. The van der Waals surface area contributed by atoms with Crippen molar-refractivity contribution in [3.63, 3.8) is 0 Å². The van der Waals surface area contributed by atoms with E-state index >= 15 is 0 Å². The number of aryl methyl sites for hydroxylation is 1. The van der Waals surface area contributed by atoms with E-state index < -0.39 is 5.60 Å². The zero-order valence-electron chi connectivity index (χ0n) is 16.6. The number of benzene rings is 1. The Morgan fingerprint density at radius 2 is 1.81 bits per heavy atom. The number of pyridine rings is 1. The lowest BCUT2D eigenvalue weighted by Gasteiger charge is -2.20. The fourth-order valence-corrected chi connectivity index (χ4v) is 3.43. The number of H-pyrrole nitrogens is 1. The predicted molar refractivity (Wildman–Crippen MR) is 110 cm³/mol. The van der Waals surface area contributed by atoms with Gasteiger partial charge in [0.1, 0.15) is 0 Å². The molecular formula is C21H26ClN3O2. The van der Waals surface area contributed by atoms with E-state index in [2.05, 4.69) is 25.8 Å². The summed E-state index contributed by atoms with van der Waals surface area (Å²) in [6.45, 7) is 9.92. The van der Waals surface area contributed by atoms with Crippen LogP contribution in [-0.2, 0) is 19.1 Å². The fourth-order valence-electron chi connectivity index (χ4n) is 3.20. The molecule has 3 aromatic rings. The molecule has 0 radical (unpaired) electrons. The molecule has 2 aromatic heterocycles. The molecule has 3 rings (SSSR count). The van der Waals surface area contributed by atoms with Gasteiger partial charge >= 0.3 is 5.69 Å². The highest BCUT2D eigenvalue weighted by Crippen LogP contribution is 2.32. The van der Waals surface area contributed by atoms with Crippen molar-refractivity contribution in [2.24, 2.45) is 12.5 Å². The Labute approximate surface area is 164 Å². The van der Waals surface area contributed by atoms with Crippen molar-refractivity contribution in [1.29, 1.82) is 0 Å². The molecule has 0 fully saturated rings. The molecule has 0 aliphatic carbocycles. The average Bonchev–Trinajstić information content (AvgIpc) is 2.80. The summed E-state index contributed by atoms with van der Waals surface area (Å²) in [5.41, 5.74) is 3.51. The van der Waals surface area contributed by atoms with Crippen molar-refractivity contribution in [3.05, 3.63) is 50.9 Å². The van der Waals surface area contributed by atoms with Gasteiger partial charge in [-0.1, -0.05) is 32.4 Å². The quantitative estimate of drug-likeness (QED) is 0.699. The van der Waals surface area contributed by atoms with Crippen LogP contribution < -0.4 is 5.69 Å². The molecule has 0 saturated heterocycles. The fraction of sp³-hybridized carbons (Fsp3) is 0.429. The number of aromatic amines is 1. The molecule has 1 aromatic carbocycles. The van der Waals surface area contributed by atoms with Crippen molar-refractivity contribution in [3.8, 4) is 11.3 Å². The van der Waals surface area contributed by atoms with Crippen LogP contribution in [-0.4, -0.2) is 19.6 Å². The molecule has 0 atom stereocenters. The number of hydrogen-bond donors (Lipinski definition) is 2. The van der Waals surface area contributed by atoms with Crippen LogP contribution in [0.5, 0.6) is 0 Å². The third-order valence-corrected chi connectivity index (χ3v) is 4.78. The third-order valence-electron chi connectivity index (χ3n) is 4.56. The highest BCUT2D eigenvalue weighted by atomic mass is 35.5. The monoisotopic (exact) mass is 387 g/mol.